The van der Waals surface area contributed by atoms with E-state index in [-0.39, 0.29) is 11.9 Å². The number of carbonyl (C=O) groups is 2. The molecule has 0 aliphatic carbocycles. The largest absolute Gasteiger partial charge is 0.334 e. The van der Waals surface area contributed by atoms with Crippen molar-refractivity contribution in [2.45, 2.75) is 46.3 Å². The standard InChI is InChI=1S/C25H29N5O2/c1-18-23(19(2)30(28-18)17-20-8-4-3-5-9-20)16-27-25(32)26-15-21-10-6-11-22(14-21)29-13-7-12-24(29)31/h3-6,8-11,14H,7,12-13,15-17H2,1-2H3,(H2,26,27,32). The van der Waals surface area contributed by atoms with Crippen molar-refractivity contribution in [2.75, 3.05) is 11.4 Å². The summed E-state index contributed by atoms with van der Waals surface area (Å²) in [5, 5.41) is 10.5. The molecule has 2 N–H and O–H groups in total. The van der Waals surface area contributed by atoms with Gasteiger partial charge in [-0.05, 0) is 43.5 Å². The van der Waals surface area contributed by atoms with Gasteiger partial charge in [0.25, 0.3) is 0 Å². The van der Waals surface area contributed by atoms with Crippen LogP contribution in [0.15, 0.2) is 54.6 Å². The van der Waals surface area contributed by atoms with Crippen LogP contribution in [0.25, 0.3) is 0 Å². The maximum absolute atomic E-state index is 12.4. The van der Waals surface area contributed by atoms with Crippen LogP contribution in [-0.4, -0.2) is 28.3 Å². The highest BCUT2D eigenvalue weighted by Crippen LogP contribution is 2.22. The number of nitrogens with one attached hydrogen (secondary N) is 2. The quantitative estimate of drug-likeness (QED) is 0.599. The van der Waals surface area contributed by atoms with Gasteiger partial charge in [0.15, 0.2) is 0 Å². The van der Waals surface area contributed by atoms with Crippen molar-refractivity contribution < 1.29 is 9.59 Å². The third kappa shape index (κ3) is 4.99. The highest BCUT2D eigenvalue weighted by Gasteiger charge is 2.21. The fourth-order valence-corrected chi connectivity index (χ4v) is 4.07. The topological polar surface area (TPSA) is 79.3 Å². The Kier molecular flexibility index (Phi) is 6.54. The normalized spacial score (nSPS) is 13.4. The van der Waals surface area contributed by atoms with Gasteiger partial charge in [0, 0.05) is 43.0 Å². The maximum Gasteiger partial charge on any atom is 0.315 e. The first-order valence-corrected chi connectivity index (χ1v) is 11.0. The molecule has 1 aliphatic heterocycles. The molecule has 1 fully saturated rings. The third-order valence-electron chi connectivity index (χ3n) is 5.88. The van der Waals surface area contributed by atoms with E-state index in [2.05, 4.69) is 27.9 Å². The summed E-state index contributed by atoms with van der Waals surface area (Å²) in [4.78, 5) is 26.2. The first-order chi connectivity index (χ1) is 15.5. The van der Waals surface area contributed by atoms with Crippen molar-refractivity contribution in [1.82, 2.24) is 20.4 Å². The van der Waals surface area contributed by atoms with E-state index >= 15 is 0 Å². The number of aryl methyl sites for hydroxylation is 1. The van der Waals surface area contributed by atoms with Crippen molar-refractivity contribution in [2.24, 2.45) is 0 Å². The molecule has 32 heavy (non-hydrogen) atoms. The van der Waals surface area contributed by atoms with Crippen molar-refractivity contribution in [3.05, 3.63) is 82.7 Å². The van der Waals surface area contributed by atoms with Gasteiger partial charge in [-0.2, -0.15) is 5.10 Å². The number of hydrogen-bond acceptors (Lipinski definition) is 3. The van der Waals surface area contributed by atoms with Gasteiger partial charge in [0.2, 0.25) is 5.91 Å². The Morgan fingerprint density at radius 2 is 1.75 bits per heavy atom. The van der Waals surface area contributed by atoms with Crippen LogP contribution < -0.4 is 15.5 Å². The minimum atomic E-state index is -0.234. The second-order valence-corrected chi connectivity index (χ2v) is 8.15. The van der Waals surface area contributed by atoms with Gasteiger partial charge in [-0.25, -0.2) is 4.79 Å². The zero-order valence-electron chi connectivity index (χ0n) is 18.6. The number of carbonyl (C=O) groups excluding carboxylic acids is 2. The minimum Gasteiger partial charge on any atom is -0.334 e. The summed E-state index contributed by atoms with van der Waals surface area (Å²) < 4.78 is 1.98. The number of benzene rings is 2. The summed E-state index contributed by atoms with van der Waals surface area (Å²) in [6.07, 6.45) is 1.50. The van der Waals surface area contributed by atoms with Crippen molar-refractivity contribution in [3.63, 3.8) is 0 Å². The molecule has 0 saturated carbocycles. The summed E-state index contributed by atoms with van der Waals surface area (Å²) in [5.41, 5.74) is 6.04. The van der Waals surface area contributed by atoms with Gasteiger partial charge < -0.3 is 15.5 Å². The Morgan fingerprint density at radius 1 is 1.00 bits per heavy atom. The molecule has 2 aromatic carbocycles. The molecule has 1 aromatic heterocycles. The SMILES string of the molecule is Cc1nn(Cc2ccccc2)c(C)c1CNC(=O)NCc1cccc(N2CCCC2=O)c1. The molecule has 4 rings (SSSR count). The molecule has 1 saturated heterocycles. The van der Waals surface area contributed by atoms with Crippen molar-refractivity contribution in [3.8, 4) is 0 Å². The number of hydrogen-bond donors (Lipinski definition) is 2. The Labute approximate surface area is 188 Å². The highest BCUT2D eigenvalue weighted by molar-refractivity contribution is 5.95. The van der Waals surface area contributed by atoms with Gasteiger partial charge in [-0.15, -0.1) is 0 Å². The van der Waals surface area contributed by atoms with Crippen LogP contribution in [0.5, 0.6) is 0 Å². The van der Waals surface area contributed by atoms with Gasteiger partial charge >= 0.3 is 6.03 Å². The molecule has 0 unspecified atom stereocenters. The van der Waals surface area contributed by atoms with Crippen LogP contribution in [0.2, 0.25) is 0 Å². The first kappa shape index (κ1) is 21.6. The molecule has 0 bridgehead atoms. The highest BCUT2D eigenvalue weighted by atomic mass is 16.2. The molecule has 0 atom stereocenters. The summed E-state index contributed by atoms with van der Waals surface area (Å²) in [6.45, 7) is 6.27. The number of anilines is 1. The lowest BCUT2D eigenvalue weighted by Gasteiger charge is -2.16. The maximum atomic E-state index is 12.4. The lowest BCUT2D eigenvalue weighted by atomic mass is 10.2. The van der Waals surface area contributed by atoms with E-state index in [0.717, 1.165) is 41.2 Å². The van der Waals surface area contributed by atoms with E-state index in [1.54, 1.807) is 0 Å². The molecule has 166 valence electrons. The van der Waals surface area contributed by atoms with Crippen LogP contribution >= 0.6 is 0 Å². The van der Waals surface area contributed by atoms with Crippen LogP contribution in [0.1, 0.15) is 40.9 Å². The van der Waals surface area contributed by atoms with Crippen LogP contribution in [0.3, 0.4) is 0 Å². The van der Waals surface area contributed by atoms with E-state index in [4.69, 9.17) is 0 Å². The average Bonchev–Trinajstić information content (AvgIpc) is 3.34. The smallest absolute Gasteiger partial charge is 0.315 e. The molecule has 1 aliphatic rings. The molecular weight excluding hydrogens is 402 g/mol. The second kappa shape index (κ2) is 9.68. The molecule has 3 aromatic rings. The predicted octanol–water partition coefficient (Wildman–Crippen LogP) is 3.67. The van der Waals surface area contributed by atoms with Gasteiger partial charge in [0.1, 0.15) is 0 Å². The van der Waals surface area contributed by atoms with Crippen LogP contribution in [-0.2, 0) is 24.4 Å². The molecule has 7 nitrogen and oxygen atoms in total. The lowest BCUT2D eigenvalue weighted by Crippen LogP contribution is -2.34. The Hall–Kier alpha value is -3.61. The zero-order valence-corrected chi connectivity index (χ0v) is 18.6. The monoisotopic (exact) mass is 431 g/mol. The van der Waals surface area contributed by atoms with E-state index in [1.165, 1.54) is 5.56 Å². The number of nitrogens with zero attached hydrogens (tertiary/aromatic N) is 3. The fourth-order valence-electron chi connectivity index (χ4n) is 4.07. The third-order valence-corrected chi connectivity index (χ3v) is 5.88. The fraction of sp³-hybridized carbons (Fsp3) is 0.320. The molecular formula is C25H29N5O2. The molecule has 7 heteroatoms. The Bertz CT molecular complexity index is 1110. The van der Waals surface area contributed by atoms with Crippen LogP contribution in [0.4, 0.5) is 10.5 Å². The van der Waals surface area contributed by atoms with Crippen LogP contribution in [0, 0.1) is 13.8 Å². The molecule has 2 heterocycles. The summed E-state index contributed by atoms with van der Waals surface area (Å²) in [5.74, 6) is 0.159. The van der Waals surface area contributed by atoms with Gasteiger partial charge in [0.05, 0.1) is 12.2 Å². The summed E-state index contributed by atoms with van der Waals surface area (Å²) >= 11 is 0. The number of amides is 3. The number of aromatic nitrogens is 2. The Balaban J connectivity index is 1.31. The van der Waals surface area contributed by atoms with Crippen molar-refractivity contribution in [1.29, 1.82) is 0 Å². The van der Waals surface area contributed by atoms with E-state index < -0.39 is 0 Å². The average molecular weight is 432 g/mol. The lowest BCUT2D eigenvalue weighted by molar-refractivity contribution is -0.117. The minimum absolute atomic E-state index is 0.159. The zero-order chi connectivity index (χ0) is 22.5. The van der Waals surface area contributed by atoms with E-state index in [9.17, 15) is 9.59 Å². The molecule has 0 radical (unpaired) electrons. The van der Waals surface area contributed by atoms with Crippen molar-refractivity contribution >= 4 is 17.6 Å². The van der Waals surface area contributed by atoms with E-state index in [1.807, 2.05) is 65.9 Å². The number of rotatable bonds is 7. The van der Waals surface area contributed by atoms with E-state index in [0.29, 0.717) is 26.1 Å². The number of urea groups is 1. The molecule has 3 amide bonds. The Morgan fingerprint density at radius 3 is 2.50 bits per heavy atom. The predicted molar refractivity (Wildman–Crippen MR) is 124 cm³/mol. The first-order valence-electron chi connectivity index (χ1n) is 11.0. The molecule has 0 spiro atoms. The van der Waals surface area contributed by atoms with Gasteiger partial charge in [-0.3, -0.25) is 9.48 Å². The summed E-state index contributed by atoms with van der Waals surface area (Å²) in [7, 11) is 0. The second-order valence-electron chi connectivity index (χ2n) is 8.15. The summed E-state index contributed by atoms with van der Waals surface area (Å²) in [6, 6.07) is 17.7. The van der Waals surface area contributed by atoms with Gasteiger partial charge in [-0.1, -0.05) is 42.5 Å².